The molecule has 1 radical (unpaired) electrons. The number of hydrogen-bond acceptors (Lipinski definition) is 2. The molecule has 2 aromatic carbocycles. The Hall–Kier alpha value is -1.65. The average molecular weight is 232 g/mol. The summed E-state index contributed by atoms with van der Waals surface area (Å²) in [6.07, 6.45) is 0. The summed E-state index contributed by atoms with van der Waals surface area (Å²) in [5.41, 5.74) is 1.96. The molecule has 4 heteroatoms. The Morgan fingerprint density at radius 3 is 1.88 bits per heavy atom. The molecule has 0 unspecified atom stereocenters. The average Bonchev–Trinajstić information content (AvgIpc) is 2.29. The zero-order valence-electron chi connectivity index (χ0n) is 8.42. The van der Waals surface area contributed by atoms with Gasteiger partial charge in [-0.1, -0.05) is 36.4 Å². The Morgan fingerprint density at radius 2 is 1.38 bits per heavy atom. The van der Waals surface area contributed by atoms with Crippen molar-refractivity contribution in [1.82, 2.24) is 0 Å². The van der Waals surface area contributed by atoms with Crippen LogP contribution in [0.3, 0.4) is 0 Å². The van der Waals surface area contributed by atoms with E-state index < -0.39 is 10.0 Å². The minimum Gasteiger partial charge on any atom is -0.225 e. The van der Waals surface area contributed by atoms with Gasteiger partial charge in [-0.3, -0.25) is 0 Å². The molecule has 16 heavy (non-hydrogen) atoms. The van der Waals surface area contributed by atoms with Gasteiger partial charge in [0.25, 0.3) is 0 Å². The molecule has 0 saturated carbocycles. The van der Waals surface area contributed by atoms with Crippen molar-refractivity contribution in [3.8, 4) is 11.1 Å². The summed E-state index contributed by atoms with van der Waals surface area (Å²) in [6, 6.07) is 16.8. The third kappa shape index (κ3) is 2.29. The van der Waals surface area contributed by atoms with E-state index >= 15 is 0 Å². The monoisotopic (exact) mass is 232 g/mol. The molecule has 2 rings (SSSR count). The fourth-order valence-electron chi connectivity index (χ4n) is 1.42. The van der Waals surface area contributed by atoms with E-state index in [1.54, 1.807) is 12.1 Å². The summed E-state index contributed by atoms with van der Waals surface area (Å²) in [4.78, 5) is 0.124. The summed E-state index contributed by atoms with van der Waals surface area (Å²) < 4.78 is 22.1. The first-order valence-corrected chi connectivity index (χ1v) is 6.21. The van der Waals surface area contributed by atoms with Crippen molar-refractivity contribution in [1.29, 1.82) is 0 Å². The number of sulfonamides is 1. The molecule has 0 amide bonds. The SMILES string of the molecule is NS(=O)(=O)c1ccc(-c2cc[c]cc2)cc1. The number of nitrogens with two attached hydrogens (primary N) is 1. The predicted molar refractivity (Wildman–Crippen MR) is 62.1 cm³/mol. The van der Waals surface area contributed by atoms with E-state index in [1.165, 1.54) is 12.1 Å². The second-order valence-electron chi connectivity index (χ2n) is 3.36. The zero-order chi connectivity index (χ0) is 11.6. The smallest absolute Gasteiger partial charge is 0.225 e. The quantitative estimate of drug-likeness (QED) is 0.858. The standard InChI is InChI=1S/C12H10NO2S/c13-16(14,15)12-8-6-11(7-9-12)10-4-2-1-3-5-10/h2-9H,(H2,13,14,15). The van der Waals surface area contributed by atoms with Crippen LogP contribution in [-0.4, -0.2) is 8.42 Å². The maximum atomic E-state index is 11.1. The van der Waals surface area contributed by atoms with Crippen LogP contribution >= 0.6 is 0 Å². The van der Waals surface area contributed by atoms with E-state index in [1.807, 2.05) is 24.3 Å². The molecule has 0 spiro atoms. The Morgan fingerprint density at radius 1 is 0.875 bits per heavy atom. The van der Waals surface area contributed by atoms with Gasteiger partial charge in [0.15, 0.2) is 0 Å². The van der Waals surface area contributed by atoms with Gasteiger partial charge < -0.3 is 0 Å². The molecule has 0 aliphatic heterocycles. The third-order valence-electron chi connectivity index (χ3n) is 2.23. The van der Waals surface area contributed by atoms with Crippen LogP contribution in [0, 0.1) is 6.07 Å². The topological polar surface area (TPSA) is 60.2 Å². The van der Waals surface area contributed by atoms with E-state index in [0.29, 0.717) is 0 Å². The molecule has 0 fully saturated rings. The molecule has 0 atom stereocenters. The van der Waals surface area contributed by atoms with Crippen LogP contribution in [0.2, 0.25) is 0 Å². The van der Waals surface area contributed by atoms with Gasteiger partial charge in [-0.2, -0.15) is 0 Å². The normalized spacial score (nSPS) is 11.3. The van der Waals surface area contributed by atoms with Gasteiger partial charge in [-0.25, -0.2) is 13.6 Å². The Bertz CT molecular complexity index is 574. The van der Waals surface area contributed by atoms with Crippen LogP contribution in [0.5, 0.6) is 0 Å². The molecule has 0 saturated heterocycles. The number of primary sulfonamides is 1. The van der Waals surface area contributed by atoms with Crippen molar-refractivity contribution in [3.63, 3.8) is 0 Å². The fraction of sp³-hybridized carbons (Fsp3) is 0. The molecule has 2 N–H and O–H groups in total. The zero-order valence-corrected chi connectivity index (χ0v) is 9.24. The summed E-state index contributed by atoms with van der Waals surface area (Å²) in [5.74, 6) is 0. The molecule has 0 aromatic heterocycles. The van der Waals surface area contributed by atoms with Crippen LogP contribution in [0.15, 0.2) is 53.4 Å². The number of hydrogen-bond donors (Lipinski definition) is 1. The Balaban J connectivity index is 2.41. The molecule has 0 aliphatic carbocycles. The number of benzene rings is 2. The first kappa shape index (κ1) is 10.9. The first-order valence-electron chi connectivity index (χ1n) is 4.67. The molecule has 3 nitrogen and oxygen atoms in total. The fourth-order valence-corrected chi connectivity index (χ4v) is 1.93. The highest BCUT2D eigenvalue weighted by Crippen LogP contribution is 2.20. The van der Waals surface area contributed by atoms with E-state index in [0.717, 1.165) is 11.1 Å². The predicted octanol–water partition coefficient (Wildman–Crippen LogP) is 1.80. The van der Waals surface area contributed by atoms with Crippen LogP contribution in [-0.2, 0) is 10.0 Å². The molecular formula is C12H10NO2S. The largest absolute Gasteiger partial charge is 0.238 e. The minimum absolute atomic E-state index is 0.124. The highest BCUT2D eigenvalue weighted by atomic mass is 32.2. The van der Waals surface area contributed by atoms with E-state index in [4.69, 9.17) is 5.14 Å². The maximum absolute atomic E-state index is 11.1. The first-order chi connectivity index (χ1) is 7.57. The number of rotatable bonds is 2. The van der Waals surface area contributed by atoms with Crippen molar-refractivity contribution in [2.75, 3.05) is 0 Å². The van der Waals surface area contributed by atoms with E-state index in [-0.39, 0.29) is 4.90 Å². The van der Waals surface area contributed by atoms with Crippen LogP contribution < -0.4 is 5.14 Å². The van der Waals surface area contributed by atoms with Gasteiger partial charge in [-0.15, -0.1) is 0 Å². The molecular weight excluding hydrogens is 222 g/mol. The van der Waals surface area contributed by atoms with Crippen molar-refractivity contribution < 1.29 is 8.42 Å². The van der Waals surface area contributed by atoms with Crippen molar-refractivity contribution in [3.05, 3.63) is 54.6 Å². The van der Waals surface area contributed by atoms with Crippen LogP contribution in [0.25, 0.3) is 11.1 Å². The van der Waals surface area contributed by atoms with Gasteiger partial charge >= 0.3 is 0 Å². The summed E-state index contributed by atoms with van der Waals surface area (Å²) in [6.45, 7) is 0. The van der Waals surface area contributed by atoms with Gasteiger partial charge in [0.05, 0.1) is 4.90 Å². The second-order valence-corrected chi connectivity index (χ2v) is 4.92. The highest BCUT2D eigenvalue weighted by Gasteiger charge is 2.06. The lowest BCUT2D eigenvalue weighted by Crippen LogP contribution is -2.11. The Labute approximate surface area is 94.6 Å². The Kier molecular flexibility index (Phi) is 2.77. The molecule has 0 bridgehead atoms. The van der Waals surface area contributed by atoms with Gasteiger partial charge in [-0.05, 0) is 29.3 Å². The molecule has 2 aromatic rings. The van der Waals surface area contributed by atoms with Gasteiger partial charge in [0.2, 0.25) is 10.0 Å². The van der Waals surface area contributed by atoms with Crippen molar-refractivity contribution >= 4 is 10.0 Å². The van der Waals surface area contributed by atoms with Crippen molar-refractivity contribution in [2.24, 2.45) is 5.14 Å². The lowest BCUT2D eigenvalue weighted by Gasteiger charge is -2.02. The van der Waals surface area contributed by atoms with E-state index in [9.17, 15) is 8.42 Å². The lowest BCUT2D eigenvalue weighted by atomic mass is 10.1. The maximum Gasteiger partial charge on any atom is 0.238 e. The minimum atomic E-state index is -3.61. The third-order valence-corrected chi connectivity index (χ3v) is 3.16. The highest BCUT2D eigenvalue weighted by molar-refractivity contribution is 7.89. The summed E-state index contributed by atoms with van der Waals surface area (Å²) in [7, 11) is -3.61. The van der Waals surface area contributed by atoms with Crippen LogP contribution in [0.1, 0.15) is 0 Å². The summed E-state index contributed by atoms with van der Waals surface area (Å²) >= 11 is 0. The van der Waals surface area contributed by atoms with Gasteiger partial charge in [0, 0.05) is 0 Å². The summed E-state index contributed by atoms with van der Waals surface area (Å²) in [5, 5.41) is 5.01. The van der Waals surface area contributed by atoms with Crippen LogP contribution in [0.4, 0.5) is 0 Å². The molecule has 81 valence electrons. The van der Waals surface area contributed by atoms with Crippen molar-refractivity contribution in [2.45, 2.75) is 4.90 Å². The molecule has 0 heterocycles. The second kappa shape index (κ2) is 4.08. The van der Waals surface area contributed by atoms with Gasteiger partial charge in [0.1, 0.15) is 0 Å². The lowest BCUT2D eigenvalue weighted by molar-refractivity contribution is 0.598. The van der Waals surface area contributed by atoms with E-state index in [2.05, 4.69) is 6.07 Å². The molecule has 0 aliphatic rings.